The van der Waals surface area contributed by atoms with Crippen LogP contribution in [0.25, 0.3) is 0 Å². The zero-order valence-corrected chi connectivity index (χ0v) is 16.8. The molecule has 0 amide bonds. The van der Waals surface area contributed by atoms with Crippen molar-refractivity contribution < 1.29 is 14.3 Å². The van der Waals surface area contributed by atoms with E-state index >= 15 is 0 Å². The average molecular weight is 359 g/mol. The van der Waals surface area contributed by atoms with E-state index in [0.29, 0.717) is 23.0 Å². The molecule has 1 spiro atoms. The molecule has 0 bridgehead atoms. The lowest BCUT2D eigenvalue weighted by Gasteiger charge is -2.60. The Hall–Kier alpha value is -0.860. The zero-order valence-electron chi connectivity index (χ0n) is 16.8. The summed E-state index contributed by atoms with van der Waals surface area (Å²) in [6.45, 7) is 8.32. The first kappa shape index (κ1) is 17.3. The molecule has 0 radical (unpaired) electrons. The number of ether oxygens (including phenoxy) is 1. The van der Waals surface area contributed by atoms with Crippen LogP contribution in [0.4, 0.5) is 0 Å². The highest BCUT2D eigenvalue weighted by atomic mass is 16.5. The van der Waals surface area contributed by atoms with Gasteiger partial charge in [-0.15, -0.1) is 0 Å². The first-order valence-corrected chi connectivity index (χ1v) is 10.9. The minimum Gasteiger partial charge on any atom is -0.462 e. The van der Waals surface area contributed by atoms with Crippen LogP contribution in [-0.4, -0.2) is 17.9 Å². The maximum Gasteiger partial charge on any atom is 0.302 e. The predicted octanol–water partition coefficient (Wildman–Crippen LogP) is 4.78. The van der Waals surface area contributed by atoms with Gasteiger partial charge in [0.05, 0.1) is 0 Å². The molecule has 0 aliphatic heterocycles. The molecule has 5 aliphatic carbocycles. The molecule has 3 heteroatoms. The van der Waals surface area contributed by atoms with Crippen molar-refractivity contribution >= 4 is 11.8 Å². The van der Waals surface area contributed by atoms with Gasteiger partial charge in [-0.05, 0) is 92.8 Å². The van der Waals surface area contributed by atoms with E-state index in [1.165, 1.54) is 38.5 Å². The lowest BCUT2D eigenvalue weighted by molar-refractivity contribution is -0.181. The Labute approximate surface area is 157 Å². The van der Waals surface area contributed by atoms with E-state index in [-0.39, 0.29) is 28.8 Å². The number of carbonyl (C=O) groups excluding carboxylic acids is 2. The third-order valence-electron chi connectivity index (χ3n) is 10.3. The fourth-order valence-corrected chi connectivity index (χ4v) is 9.29. The molecular weight excluding hydrogens is 324 g/mol. The highest BCUT2D eigenvalue weighted by molar-refractivity contribution is 5.79. The second-order valence-corrected chi connectivity index (χ2v) is 10.9. The molecule has 5 saturated carbocycles. The summed E-state index contributed by atoms with van der Waals surface area (Å²) in [5, 5.41) is 0. The van der Waals surface area contributed by atoms with Gasteiger partial charge in [0.15, 0.2) is 0 Å². The van der Waals surface area contributed by atoms with Crippen molar-refractivity contribution in [2.24, 2.45) is 45.8 Å². The van der Waals surface area contributed by atoms with Gasteiger partial charge in [0, 0.05) is 18.3 Å². The quantitative estimate of drug-likeness (QED) is 0.668. The monoisotopic (exact) mass is 358 g/mol. The van der Waals surface area contributed by atoms with Crippen molar-refractivity contribution in [1.82, 2.24) is 0 Å². The van der Waals surface area contributed by atoms with Gasteiger partial charge < -0.3 is 4.74 Å². The Balaban J connectivity index is 1.52. The number of fused-ring (bicyclic) bond motifs is 4. The van der Waals surface area contributed by atoms with Crippen molar-refractivity contribution in [3.05, 3.63) is 0 Å². The van der Waals surface area contributed by atoms with Gasteiger partial charge >= 0.3 is 5.97 Å². The minimum absolute atomic E-state index is 0.102. The van der Waals surface area contributed by atoms with E-state index in [1.54, 1.807) is 13.8 Å². The molecule has 5 fully saturated rings. The van der Waals surface area contributed by atoms with Gasteiger partial charge in [-0.1, -0.05) is 13.8 Å². The molecule has 26 heavy (non-hydrogen) atoms. The summed E-state index contributed by atoms with van der Waals surface area (Å²) < 4.78 is 6.01. The Morgan fingerprint density at radius 3 is 2.38 bits per heavy atom. The fraction of sp³-hybridized carbons (Fsp3) is 0.913. The zero-order chi connectivity index (χ0) is 18.5. The van der Waals surface area contributed by atoms with Crippen LogP contribution >= 0.6 is 0 Å². The molecule has 0 aromatic rings. The number of ketones is 1. The molecule has 0 unspecified atom stereocenters. The van der Waals surface area contributed by atoms with Crippen LogP contribution in [0.2, 0.25) is 0 Å². The number of rotatable bonds is 2. The SMILES string of the molecule is CC(=O)O[C@@H]1C[C@H]2[C@@H]3CC[C@H](C(C)=O)[C@@]3(C)CC[C@@H]2[C@@]2(C)CC[C@@H]3C[C@]312. The predicted molar refractivity (Wildman–Crippen MR) is 99.3 cm³/mol. The number of hydrogen-bond acceptors (Lipinski definition) is 3. The Bertz CT molecular complexity index is 670. The number of Topliss-reactive ketones (excluding diaryl/α,β-unsaturated/α-hetero) is 1. The van der Waals surface area contributed by atoms with Crippen LogP contribution in [0.3, 0.4) is 0 Å². The molecule has 9 atom stereocenters. The molecular formula is C23H34O3. The van der Waals surface area contributed by atoms with Crippen LogP contribution in [0.1, 0.15) is 79.1 Å². The second kappa shape index (κ2) is 5.14. The average Bonchev–Trinajstić information content (AvgIpc) is 3.07. The van der Waals surface area contributed by atoms with Crippen LogP contribution in [0, 0.1) is 45.8 Å². The minimum atomic E-state index is -0.102. The van der Waals surface area contributed by atoms with Gasteiger partial charge in [-0.3, -0.25) is 9.59 Å². The summed E-state index contributed by atoms with van der Waals surface area (Å²) in [6.07, 6.45) is 9.87. The molecule has 144 valence electrons. The van der Waals surface area contributed by atoms with Crippen LogP contribution < -0.4 is 0 Å². The summed E-state index contributed by atoms with van der Waals surface area (Å²) in [6, 6.07) is 0. The molecule has 0 aromatic carbocycles. The highest BCUT2D eigenvalue weighted by Gasteiger charge is 2.78. The van der Waals surface area contributed by atoms with E-state index in [1.807, 2.05) is 0 Å². The molecule has 5 aliphatic rings. The van der Waals surface area contributed by atoms with E-state index < -0.39 is 0 Å². The lowest BCUT2D eigenvalue weighted by Crippen LogP contribution is -2.57. The summed E-state index contributed by atoms with van der Waals surface area (Å²) in [4.78, 5) is 24.2. The van der Waals surface area contributed by atoms with Crippen molar-refractivity contribution in [3.63, 3.8) is 0 Å². The summed E-state index contributed by atoms with van der Waals surface area (Å²) >= 11 is 0. The van der Waals surface area contributed by atoms with Crippen molar-refractivity contribution in [1.29, 1.82) is 0 Å². The molecule has 0 saturated heterocycles. The number of esters is 1. The van der Waals surface area contributed by atoms with Crippen LogP contribution in [-0.2, 0) is 14.3 Å². The van der Waals surface area contributed by atoms with Crippen molar-refractivity contribution in [2.45, 2.75) is 85.2 Å². The topological polar surface area (TPSA) is 43.4 Å². The van der Waals surface area contributed by atoms with Gasteiger partial charge in [-0.25, -0.2) is 0 Å². The smallest absolute Gasteiger partial charge is 0.302 e. The summed E-state index contributed by atoms with van der Waals surface area (Å²) in [7, 11) is 0. The van der Waals surface area contributed by atoms with Gasteiger partial charge in [-0.2, -0.15) is 0 Å². The largest absolute Gasteiger partial charge is 0.462 e. The van der Waals surface area contributed by atoms with E-state index in [9.17, 15) is 9.59 Å². The Kier molecular flexibility index (Phi) is 3.41. The third kappa shape index (κ3) is 1.86. The van der Waals surface area contributed by atoms with E-state index in [0.717, 1.165) is 24.7 Å². The van der Waals surface area contributed by atoms with E-state index in [2.05, 4.69) is 13.8 Å². The third-order valence-corrected chi connectivity index (χ3v) is 10.3. The Morgan fingerprint density at radius 1 is 0.962 bits per heavy atom. The standard InChI is InChI=1S/C23H34O3/c1-13(24)17-5-6-18-16-11-20(26-14(2)25)23-12-15(23)7-10-22(23,4)19(16)8-9-21(17,18)3/h15-20H,5-12H2,1-4H3/t15-,16+,17-,18+,19+,20-,21-,22-,23+/m1/s1. The van der Waals surface area contributed by atoms with Crippen molar-refractivity contribution in [2.75, 3.05) is 0 Å². The van der Waals surface area contributed by atoms with Crippen LogP contribution in [0.5, 0.6) is 0 Å². The van der Waals surface area contributed by atoms with E-state index in [4.69, 9.17) is 4.74 Å². The fourth-order valence-electron chi connectivity index (χ4n) is 9.29. The van der Waals surface area contributed by atoms with Gasteiger partial charge in [0.25, 0.3) is 0 Å². The maximum absolute atomic E-state index is 12.3. The molecule has 3 nitrogen and oxygen atoms in total. The van der Waals surface area contributed by atoms with Gasteiger partial charge in [0.1, 0.15) is 11.9 Å². The summed E-state index contributed by atoms with van der Waals surface area (Å²) in [5.41, 5.74) is 0.804. The first-order valence-electron chi connectivity index (χ1n) is 10.9. The molecule has 0 heterocycles. The van der Waals surface area contributed by atoms with Crippen LogP contribution in [0.15, 0.2) is 0 Å². The maximum atomic E-state index is 12.3. The Morgan fingerprint density at radius 2 is 1.73 bits per heavy atom. The second-order valence-electron chi connectivity index (χ2n) is 10.9. The number of carbonyl (C=O) groups is 2. The normalized spacial score (nSPS) is 56.8. The van der Waals surface area contributed by atoms with Crippen molar-refractivity contribution in [3.8, 4) is 0 Å². The number of hydrogen-bond donors (Lipinski definition) is 0. The van der Waals surface area contributed by atoms with Gasteiger partial charge in [0.2, 0.25) is 0 Å². The summed E-state index contributed by atoms with van der Waals surface area (Å²) in [5.74, 6) is 3.38. The highest BCUT2D eigenvalue weighted by Crippen LogP contribution is 2.82. The molecule has 0 aromatic heterocycles. The first-order chi connectivity index (χ1) is 12.2. The lowest BCUT2D eigenvalue weighted by atomic mass is 9.45. The molecule has 0 N–H and O–H groups in total. The molecule has 5 rings (SSSR count).